The maximum atomic E-state index is 13.5. The van der Waals surface area contributed by atoms with Crippen LogP contribution >= 0.6 is 0 Å². The van der Waals surface area contributed by atoms with Gasteiger partial charge in [-0.15, -0.1) is 25.5 Å². The molecule has 2 fully saturated rings. The molecule has 476 valence electrons. The van der Waals surface area contributed by atoms with Crippen LogP contribution in [0.1, 0.15) is 74.1 Å². The Hall–Kier alpha value is -12.0. The molecule has 4 N–H and O–H groups in total. The SMILES string of the molecule is CN(C)c1nn2c([C@@H]3O[C@H](COC(=O)c4ccccc4)[C@@H](OC(=O)c4ccccc4)[C@H]3OC(=O)c3ccccc3)nnc2c(=O)[nH]1.CN(C)c1nnc(NNC(=O)[C@@H]2O[C@H](COC(=O)c3ccccc3)[C@@H](OC(=O)c3ccccc3)[C@H]2OC(=O)c2ccccc2)c(=O)[nH]1. The average molecular weight is 1270 g/mol. The van der Waals surface area contributed by atoms with Crippen molar-refractivity contribution in [2.75, 3.05) is 56.6 Å². The van der Waals surface area contributed by atoms with Crippen molar-refractivity contribution in [2.24, 2.45) is 0 Å². The molecule has 5 heterocycles. The van der Waals surface area contributed by atoms with Gasteiger partial charge in [-0.3, -0.25) is 35.2 Å². The molecule has 0 saturated carbocycles. The Morgan fingerprint density at radius 1 is 0.452 bits per heavy atom. The fourth-order valence-electron chi connectivity index (χ4n) is 9.37. The van der Waals surface area contributed by atoms with E-state index in [0.29, 0.717) is 5.56 Å². The number of aromatic amines is 2. The molecular formula is C64H58N12O17. The van der Waals surface area contributed by atoms with Crippen molar-refractivity contribution in [3.05, 3.63) is 242 Å². The molecule has 0 radical (unpaired) electrons. The van der Waals surface area contributed by atoms with Crippen molar-refractivity contribution in [1.82, 2.24) is 45.4 Å². The number of esters is 6. The molecule has 0 spiro atoms. The minimum Gasteiger partial charge on any atom is -0.459 e. The van der Waals surface area contributed by atoms with Crippen LogP contribution in [0.25, 0.3) is 5.65 Å². The van der Waals surface area contributed by atoms with Gasteiger partial charge >= 0.3 is 35.8 Å². The Labute approximate surface area is 527 Å². The van der Waals surface area contributed by atoms with E-state index in [2.05, 4.69) is 46.3 Å². The van der Waals surface area contributed by atoms with Crippen LogP contribution in [-0.2, 0) is 42.7 Å². The van der Waals surface area contributed by atoms with Crippen LogP contribution in [0, 0.1) is 0 Å². The van der Waals surface area contributed by atoms with Crippen LogP contribution in [-0.4, -0.2) is 166 Å². The molecule has 29 heteroatoms. The molecule has 2 saturated heterocycles. The zero-order valence-corrected chi connectivity index (χ0v) is 49.9. The smallest absolute Gasteiger partial charge is 0.338 e. The van der Waals surface area contributed by atoms with Crippen molar-refractivity contribution in [3.63, 3.8) is 0 Å². The number of anilines is 3. The molecule has 1 amide bonds. The Balaban J connectivity index is 0.000000203. The Kier molecular flexibility index (Phi) is 20.3. The number of carbonyl (C=O) groups is 7. The highest BCUT2D eigenvalue weighted by Gasteiger charge is 2.55. The van der Waals surface area contributed by atoms with Gasteiger partial charge in [-0.25, -0.2) is 28.8 Å². The quantitative estimate of drug-likeness (QED) is 0.0467. The number of rotatable bonds is 20. The summed E-state index contributed by atoms with van der Waals surface area (Å²) < 4.78 is 47.9. The van der Waals surface area contributed by atoms with Crippen LogP contribution in [0.3, 0.4) is 0 Å². The molecule has 9 aromatic rings. The van der Waals surface area contributed by atoms with Gasteiger partial charge in [0, 0.05) is 28.2 Å². The lowest BCUT2D eigenvalue weighted by Crippen LogP contribution is -2.48. The average Bonchev–Trinajstić information content (AvgIpc) is 1.62. The second-order valence-electron chi connectivity index (χ2n) is 20.9. The minimum absolute atomic E-state index is 0.00675. The van der Waals surface area contributed by atoms with Crippen LogP contribution in [0.5, 0.6) is 0 Å². The molecule has 11 rings (SSSR count). The molecule has 2 aliphatic rings. The third kappa shape index (κ3) is 15.5. The second kappa shape index (κ2) is 29.6. The van der Waals surface area contributed by atoms with Crippen LogP contribution < -0.4 is 31.8 Å². The van der Waals surface area contributed by atoms with Gasteiger partial charge in [-0.2, -0.15) is 4.52 Å². The number of hydrogen-bond acceptors (Lipinski definition) is 25. The van der Waals surface area contributed by atoms with Gasteiger partial charge in [0.1, 0.15) is 25.4 Å². The van der Waals surface area contributed by atoms with Crippen molar-refractivity contribution >= 4 is 65.1 Å². The topological polar surface area (TPSA) is 358 Å². The summed E-state index contributed by atoms with van der Waals surface area (Å²) in [6, 6.07) is 48.8. The highest BCUT2D eigenvalue weighted by atomic mass is 16.7. The number of H-pyrrole nitrogens is 2. The molecule has 0 bridgehead atoms. The molecular weight excluding hydrogens is 1210 g/mol. The lowest BCUT2D eigenvalue weighted by molar-refractivity contribution is -0.136. The number of nitrogens with zero attached hydrogens (tertiary/aromatic N) is 8. The van der Waals surface area contributed by atoms with E-state index < -0.39 is 108 Å². The summed E-state index contributed by atoms with van der Waals surface area (Å²) in [7, 11) is 6.66. The number of carbonyl (C=O) groups excluding carboxylic acids is 7. The number of nitrogens with one attached hydrogen (secondary N) is 4. The summed E-state index contributed by atoms with van der Waals surface area (Å²) in [6.45, 7) is -0.863. The fourth-order valence-corrected chi connectivity index (χ4v) is 9.37. The summed E-state index contributed by atoms with van der Waals surface area (Å²) >= 11 is 0. The standard InChI is InChI=1S/C32H30N6O9.C32H28N6O8/c1-38(2)32-33-28(40)26(35-37-32)34-36-27(39)25-24(47-31(43)21-16-10-5-11-17-21)23(46-30(42)20-14-8-4-9-15-20)22(45-25)18-44-29(41)19-12-6-3-7-13-19;1-37(2)32-33-28(39)27-35-34-26(38(27)36-32)25-24(46-31(42)21-16-10-5-11-17-21)23(45-30(41)20-14-8-4-9-15-20)22(44-25)18-43-29(40)19-12-6-3-7-13-19/h3-17,22-25H,18H2,1-2H3,(H,34,35)(H,36,39)(H,33,37,40);3-17,22-25H,18H2,1-2H3,(H,33,36,39)/t2*22-,23-,24-,25-/m11/s1. The Morgan fingerprint density at radius 2 is 0.828 bits per heavy atom. The van der Waals surface area contributed by atoms with Gasteiger partial charge in [0.15, 0.2) is 42.4 Å². The number of hydrogen-bond donors (Lipinski definition) is 4. The molecule has 0 unspecified atom stereocenters. The van der Waals surface area contributed by atoms with Crippen LogP contribution in [0.15, 0.2) is 192 Å². The minimum atomic E-state index is -1.61. The zero-order chi connectivity index (χ0) is 65.5. The fraction of sp³-hybridized carbons (Fsp3) is 0.219. The summed E-state index contributed by atoms with van der Waals surface area (Å²) in [6.07, 6.45) is -10.9. The monoisotopic (exact) mass is 1270 g/mol. The maximum absolute atomic E-state index is 13.5. The normalized spacial score (nSPS) is 18.7. The molecule has 3 aromatic heterocycles. The zero-order valence-electron chi connectivity index (χ0n) is 49.9. The number of aromatic nitrogens is 8. The lowest BCUT2D eigenvalue weighted by atomic mass is 10.1. The van der Waals surface area contributed by atoms with Gasteiger partial charge < -0.3 is 47.7 Å². The van der Waals surface area contributed by atoms with Crippen molar-refractivity contribution in [3.8, 4) is 0 Å². The lowest BCUT2D eigenvalue weighted by Gasteiger charge is -2.24. The largest absolute Gasteiger partial charge is 0.459 e. The summed E-state index contributed by atoms with van der Waals surface area (Å²) in [5.41, 5.74) is 4.60. The third-order valence-corrected chi connectivity index (χ3v) is 14.0. The number of fused-ring (bicyclic) bond motifs is 1. The first-order valence-electron chi connectivity index (χ1n) is 28.5. The van der Waals surface area contributed by atoms with E-state index in [1.54, 1.807) is 191 Å². The first-order chi connectivity index (χ1) is 45.0. The molecule has 8 atom stereocenters. The number of hydrazine groups is 1. The molecule has 93 heavy (non-hydrogen) atoms. The Morgan fingerprint density at radius 3 is 1.25 bits per heavy atom. The van der Waals surface area contributed by atoms with E-state index in [-0.39, 0.29) is 63.6 Å². The third-order valence-electron chi connectivity index (χ3n) is 14.0. The molecule has 0 aliphatic carbocycles. The van der Waals surface area contributed by atoms with Crippen molar-refractivity contribution < 1.29 is 71.5 Å². The molecule has 2 aliphatic heterocycles. The highest BCUT2D eigenvalue weighted by Crippen LogP contribution is 2.38. The van der Waals surface area contributed by atoms with Crippen molar-refractivity contribution in [2.45, 2.75) is 48.8 Å². The number of ether oxygens (including phenoxy) is 8. The van der Waals surface area contributed by atoms with Crippen LogP contribution in [0.2, 0.25) is 0 Å². The predicted molar refractivity (Wildman–Crippen MR) is 327 cm³/mol. The van der Waals surface area contributed by atoms with Gasteiger partial charge in [-0.05, 0) is 72.8 Å². The van der Waals surface area contributed by atoms with Gasteiger partial charge in [-0.1, -0.05) is 109 Å². The van der Waals surface area contributed by atoms with Crippen molar-refractivity contribution in [1.29, 1.82) is 0 Å². The van der Waals surface area contributed by atoms with E-state index in [9.17, 15) is 43.2 Å². The van der Waals surface area contributed by atoms with E-state index in [1.807, 2.05) is 0 Å². The van der Waals surface area contributed by atoms with Gasteiger partial charge in [0.25, 0.3) is 17.0 Å². The van der Waals surface area contributed by atoms with E-state index in [0.717, 1.165) is 0 Å². The predicted octanol–water partition coefficient (Wildman–Crippen LogP) is 4.38. The van der Waals surface area contributed by atoms with Gasteiger partial charge in [0.2, 0.25) is 23.4 Å². The van der Waals surface area contributed by atoms with E-state index in [1.165, 1.54) is 33.7 Å². The Bertz CT molecular complexity index is 4230. The first-order valence-corrected chi connectivity index (χ1v) is 28.5. The van der Waals surface area contributed by atoms with Crippen LogP contribution in [0.4, 0.5) is 17.7 Å². The van der Waals surface area contributed by atoms with E-state index in [4.69, 9.17) is 37.9 Å². The number of benzene rings is 6. The van der Waals surface area contributed by atoms with Gasteiger partial charge in [0.05, 0.1) is 33.4 Å². The van der Waals surface area contributed by atoms with E-state index >= 15 is 0 Å². The highest BCUT2D eigenvalue weighted by molar-refractivity contribution is 5.93. The molecule has 29 nitrogen and oxygen atoms in total. The summed E-state index contributed by atoms with van der Waals surface area (Å²) in [5, 5.41) is 20.2. The first kappa shape index (κ1) is 64.0. The maximum Gasteiger partial charge on any atom is 0.338 e. The molecule has 6 aromatic carbocycles. The summed E-state index contributed by atoms with van der Waals surface area (Å²) in [4.78, 5) is 126. The summed E-state index contributed by atoms with van der Waals surface area (Å²) in [5.74, 6) is -5.37. The number of amides is 1. The second-order valence-corrected chi connectivity index (χ2v) is 20.9.